The zero-order chi connectivity index (χ0) is 15.2. The Morgan fingerprint density at radius 1 is 1.29 bits per heavy atom. The molecule has 0 saturated carbocycles. The summed E-state index contributed by atoms with van der Waals surface area (Å²) in [7, 11) is 0. The molecule has 0 spiro atoms. The molecular weight excluding hydrogens is 306 g/mol. The average molecular weight is 322 g/mol. The predicted molar refractivity (Wildman–Crippen MR) is 87.7 cm³/mol. The summed E-state index contributed by atoms with van der Waals surface area (Å²) < 4.78 is 5.60. The van der Waals surface area contributed by atoms with Gasteiger partial charge in [0.25, 0.3) is 0 Å². The van der Waals surface area contributed by atoms with Crippen LogP contribution < -0.4 is 5.73 Å². The highest BCUT2D eigenvalue weighted by molar-refractivity contribution is 7.15. The Morgan fingerprint density at radius 2 is 2.05 bits per heavy atom. The smallest absolute Gasteiger partial charge is 0.152 e. The van der Waals surface area contributed by atoms with Crippen molar-refractivity contribution >= 4 is 33.9 Å². The van der Waals surface area contributed by atoms with Crippen LogP contribution in [0.5, 0.6) is 0 Å². The molecule has 0 saturated heterocycles. The molecule has 0 aliphatic carbocycles. The Bertz CT molecular complexity index is 798. The van der Waals surface area contributed by atoms with Crippen molar-refractivity contribution in [2.45, 2.75) is 26.0 Å². The standard InChI is InChI=1S/C16H16ClNO2S/c1-16(2,19)14-4-3-13(21-14)9-5-10-6-11(8-18)20-15(10)12(17)7-9/h3-7,19H,8,18H2,1-2H3. The van der Waals surface area contributed by atoms with E-state index in [0.29, 0.717) is 22.9 Å². The van der Waals surface area contributed by atoms with Gasteiger partial charge in [-0.25, -0.2) is 0 Å². The van der Waals surface area contributed by atoms with E-state index in [-0.39, 0.29) is 0 Å². The molecule has 3 rings (SSSR count). The van der Waals surface area contributed by atoms with Gasteiger partial charge < -0.3 is 15.3 Å². The fourth-order valence-corrected chi connectivity index (χ4v) is 3.49. The summed E-state index contributed by atoms with van der Waals surface area (Å²) in [6.07, 6.45) is 0. The number of fused-ring (bicyclic) bond motifs is 1. The zero-order valence-corrected chi connectivity index (χ0v) is 13.4. The van der Waals surface area contributed by atoms with Gasteiger partial charge in [-0.2, -0.15) is 0 Å². The second-order valence-corrected chi connectivity index (χ2v) is 7.01. The van der Waals surface area contributed by atoms with E-state index < -0.39 is 5.60 Å². The SMILES string of the molecule is CC(C)(O)c1ccc(-c2cc(Cl)c3oc(CN)cc3c2)s1. The number of hydrogen-bond acceptors (Lipinski definition) is 4. The lowest BCUT2D eigenvalue weighted by Crippen LogP contribution is -2.12. The second-order valence-electron chi connectivity index (χ2n) is 5.52. The second kappa shape index (κ2) is 5.14. The lowest BCUT2D eigenvalue weighted by atomic mass is 10.1. The molecule has 0 fully saturated rings. The first-order valence-electron chi connectivity index (χ1n) is 6.63. The van der Waals surface area contributed by atoms with Gasteiger partial charge in [-0.1, -0.05) is 11.6 Å². The van der Waals surface area contributed by atoms with Crippen LogP contribution in [0.15, 0.2) is 34.7 Å². The minimum Gasteiger partial charge on any atom is -0.458 e. The van der Waals surface area contributed by atoms with Crippen LogP contribution >= 0.6 is 22.9 Å². The molecule has 0 aliphatic rings. The summed E-state index contributed by atoms with van der Waals surface area (Å²) in [6, 6.07) is 9.77. The van der Waals surface area contributed by atoms with E-state index in [2.05, 4.69) is 0 Å². The van der Waals surface area contributed by atoms with Crippen molar-refractivity contribution < 1.29 is 9.52 Å². The van der Waals surface area contributed by atoms with Gasteiger partial charge in [-0.3, -0.25) is 0 Å². The molecule has 0 aliphatic heterocycles. The van der Waals surface area contributed by atoms with Crippen LogP contribution in [-0.2, 0) is 12.1 Å². The fraction of sp³-hybridized carbons (Fsp3) is 0.250. The van der Waals surface area contributed by atoms with Crippen molar-refractivity contribution in [2.75, 3.05) is 0 Å². The third-order valence-electron chi connectivity index (χ3n) is 3.32. The maximum atomic E-state index is 10.1. The molecule has 2 aromatic heterocycles. The number of halogens is 1. The number of furan rings is 1. The van der Waals surface area contributed by atoms with E-state index in [1.807, 2.05) is 30.3 Å². The van der Waals surface area contributed by atoms with Crippen LogP contribution in [0.1, 0.15) is 24.5 Å². The topological polar surface area (TPSA) is 59.4 Å². The highest BCUT2D eigenvalue weighted by atomic mass is 35.5. The normalized spacial score (nSPS) is 12.2. The maximum Gasteiger partial charge on any atom is 0.152 e. The van der Waals surface area contributed by atoms with Crippen molar-refractivity contribution in [1.29, 1.82) is 0 Å². The Labute approximate surface area is 132 Å². The van der Waals surface area contributed by atoms with Crippen LogP contribution in [0, 0.1) is 0 Å². The van der Waals surface area contributed by atoms with Crippen LogP contribution in [0.2, 0.25) is 5.02 Å². The number of thiophene rings is 1. The fourth-order valence-electron chi connectivity index (χ4n) is 2.23. The van der Waals surface area contributed by atoms with Crippen molar-refractivity contribution in [3.63, 3.8) is 0 Å². The molecule has 1 aromatic carbocycles. The van der Waals surface area contributed by atoms with Crippen molar-refractivity contribution in [1.82, 2.24) is 0 Å². The van der Waals surface area contributed by atoms with E-state index in [0.717, 1.165) is 20.7 Å². The Kier molecular flexibility index (Phi) is 3.58. The van der Waals surface area contributed by atoms with Gasteiger partial charge in [0.15, 0.2) is 5.58 Å². The molecular formula is C16H16ClNO2S. The zero-order valence-electron chi connectivity index (χ0n) is 11.8. The van der Waals surface area contributed by atoms with E-state index in [1.54, 1.807) is 25.2 Å². The third kappa shape index (κ3) is 2.72. The Morgan fingerprint density at radius 3 is 2.67 bits per heavy atom. The Balaban J connectivity index is 2.10. The summed E-state index contributed by atoms with van der Waals surface area (Å²) >= 11 is 7.86. The number of nitrogens with two attached hydrogens (primary N) is 1. The van der Waals surface area contributed by atoms with Gasteiger partial charge in [0.1, 0.15) is 5.76 Å². The van der Waals surface area contributed by atoms with Crippen LogP contribution in [0.4, 0.5) is 0 Å². The third-order valence-corrected chi connectivity index (χ3v) is 5.04. The van der Waals surface area contributed by atoms with Crippen molar-refractivity contribution in [3.8, 4) is 10.4 Å². The van der Waals surface area contributed by atoms with E-state index in [9.17, 15) is 5.11 Å². The molecule has 3 N–H and O–H groups in total. The molecule has 5 heteroatoms. The lowest BCUT2D eigenvalue weighted by Gasteiger charge is -2.14. The number of hydrogen-bond donors (Lipinski definition) is 2. The van der Waals surface area contributed by atoms with Crippen molar-refractivity contribution in [2.24, 2.45) is 5.73 Å². The first-order valence-corrected chi connectivity index (χ1v) is 7.83. The molecule has 0 bridgehead atoms. The van der Waals surface area contributed by atoms with E-state index in [1.165, 1.54) is 0 Å². The van der Waals surface area contributed by atoms with Gasteiger partial charge in [-0.05, 0) is 49.7 Å². The number of benzene rings is 1. The average Bonchev–Trinajstić information content (AvgIpc) is 3.04. The molecule has 2 heterocycles. The predicted octanol–water partition coefficient (Wildman–Crippen LogP) is 4.50. The van der Waals surface area contributed by atoms with Crippen LogP contribution in [-0.4, -0.2) is 5.11 Å². The van der Waals surface area contributed by atoms with Crippen LogP contribution in [0.3, 0.4) is 0 Å². The van der Waals surface area contributed by atoms with E-state index in [4.69, 9.17) is 21.8 Å². The molecule has 0 atom stereocenters. The van der Waals surface area contributed by atoms with Gasteiger partial charge in [0, 0.05) is 15.1 Å². The summed E-state index contributed by atoms with van der Waals surface area (Å²) in [4.78, 5) is 1.98. The first kappa shape index (κ1) is 14.6. The van der Waals surface area contributed by atoms with E-state index >= 15 is 0 Å². The molecule has 3 aromatic rings. The minimum absolute atomic E-state index is 0.349. The minimum atomic E-state index is -0.834. The molecule has 0 unspecified atom stereocenters. The van der Waals surface area contributed by atoms with Gasteiger partial charge in [0.05, 0.1) is 17.2 Å². The summed E-state index contributed by atoms with van der Waals surface area (Å²) in [5.74, 6) is 0.715. The maximum absolute atomic E-state index is 10.1. The number of aliphatic hydroxyl groups is 1. The molecule has 0 amide bonds. The first-order chi connectivity index (χ1) is 9.88. The monoisotopic (exact) mass is 321 g/mol. The van der Waals surface area contributed by atoms with Gasteiger partial charge in [-0.15, -0.1) is 11.3 Å². The lowest BCUT2D eigenvalue weighted by molar-refractivity contribution is 0.0825. The van der Waals surface area contributed by atoms with Crippen LogP contribution in [0.25, 0.3) is 21.4 Å². The molecule has 0 radical (unpaired) electrons. The Hall–Kier alpha value is -1.33. The molecule has 21 heavy (non-hydrogen) atoms. The summed E-state index contributed by atoms with van der Waals surface area (Å²) in [5.41, 5.74) is 6.45. The summed E-state index contributed by atoms with van der Waals surface area (Å²) in [5, 5.41) is 11.6. The largest absolute Gasteiger partial charge is 0.458 e. The quantitative estimate of drug-likeness (QED) is 0.746. The van der Waals surface area contributed by atoms with Crippen molar-refractivity contribution in [3.05, 3.63) is 46.0 Å². The number of rotatable bonds is 3. The highest BCUT2D eigenvalue weighted by Gasteiger charge is 2.19. The summed E-state index contributed by atoms with van der Waals surface area (Å²) in [6.45, 7) is 3.91. The molecule has 110 valence electrons. The highest BCUT2D eigenvalue weighted by Crippen LogP contribution is 2.38. The van der Waals surface area contributed by atoms with Gasteiger partial charge >= 0.3 is 0 Å². The van der Waals surface area contributed by atoms with Gasteiger partial charge in [0.2, 0.25) is 0 Å². The molecule has 3 nitrogen and oxygen atoms in total.